The lowest BCUT2D eigenvalue weighted by molar-refractivity contribution is 0.250. The minimum atomic E-state index is -3.48. The summed E-state index contributed by atoms with van der Waals surface area (Å²) in [6.07, 6.45) is 8.34. The molecule has 2 saturated heterocycles. The van der Waals surface area contributed by atoms with Gasteiger partial charge in [0.1, 0.15) is 0 Å². The highest BCUT2D eigenvalue weighted by Crippen LogP contribution is 2.30. The zero-order valence-electron chi connectivity index (χ0n) is 15.1. The molecule has 2 fully saturated rings. The number of hydrogen-bond acceptors (Lipinski definition) is 3. The fourth-order valence-electron chi connectivity index (χ4n) is 4.09. The van der Waals surface area contributed by atoms with Crippen molar-refractivity contribution in [3.8, 4) is 0 Å². The first-order valence-electron chi connectivity index (χ1n) is 9.63. The van der Waals surface area contributed by atoms with E-state index in [0.717, 1.165) is 31.8 Å². The third kappa shape index (κ3) is 5.14. The van der Waals surface area contributed by atoms with Gasteiger partial charge in [-0.15, -0.1) is 0 Å². The molecule has 4 nitrogen and oxygen atoms in total. The molecule has 0 unspecified atom stereocenters. The van der Waals surface area contributed by atoms with Gasteiger partial charge in [-0.05, 0) is 68.8 Å². The van der Waals surface area contributed by atoms with Crippen LogP contribution < -0.4 is 5.32 Å². The van der Waals surface area contributed by atoms with E-state index in [-0.39, 0.29) is 9.92 Å². The van der Waals surface area contributed by atoms with Crippen LogP contribution in [0.3, 0.4) is 0 Å². The summed E-state index contributed by atoms with van der Waals surface area (Å²) in [5, 5.41) is 4.07. The van der Waals surface area contributed by atoms with Gasteiger partial charge in [-0.1, -0.05) is 42.5 Å². The van der Waals surface area contributed by atoms with Gasteiger partial charge in [0.15, 0.2) is 0 Å². The molecule has 1 aromatic carbocycles. The van der Waals surface area contributed by atoms with Crippen molar-refractivity contribution in [3.05, 3.63) is 28.2 Å². The summed E-state index contributed by atoms with van der Waals surface area (Å²) >= 11 is 11.9. The van der Waals surface area contributed by atoms with Gasteiger partial charge in [-0.2, -0.15) is 4.31 Å². The fourth-order valence-corrected chi connectivity index (χ4v) is 5.95. The van der Waals surface area contributed by atoms with E-state index >= 15 is 0 Å². The van der Waals surface area contributed by atoms with Crippen molar-refractivity contribution >= 4 is 33.2 Å². The monoisotopic (exact) mass is 418 g/mol. The van der Waals surface area contributed by atoms with E-state index in [0.29, 0.717) is 24.0 Å². The molecule has 2 aliphatic rings. The lowest BCUT2D eigenvalue weighted by Gasteiger charge is -2.31. The van der Waals surface area contributed by atoms with Crippen molar-refractivity contribution in [2.45, 2.75) is 49.8 Å². The third-order valence-corrected chi connectivity index (χ3v) is 8.42. The molecule has 146 valence electrons. The van der Waals surface area contributed by atoms with Crippen LogP contribution in [0.15, 0.2) is 23.1 Å². The molecular formula is C19H28Cl2N2O2S. The third-order valence-electron chi connectivity index (χ3n) is 5.79. The molecule has 2 aliphatic heterocycles. The van der Waals surface area contributed by atoms with E-state index in [2.05, 4.69) is 5.32 Å². The van der Waals surface area contributed by atoms with Gasteiger partial charge in [-0.25, -0.2) is 8.42 Å². The summed E-state index contributed by atoms with van der Waals surface area (Å²) < 4.78 is 27.2. The van der Waals surface area contributed by atoms with E-state index in [9.17, 15) is 8.42 Å². The van der Waals surface area contributed by atoms with Crippen molar-refractivity contribution in [1.29, 1.82) is 0 Å². The van der Waals surface area contributed by atoms with Crippen LogP contribution in [-0.4, -0.2) is 38.9 Å². The van der Waals surface area contributed by atoms with E-state index < -0.39 is 10.0 Å². The number of nitrogens with one attached hydrogen (secondary N) is 1. The molecule has 0 spiro atoms. The first-order valence-corrected chi connectivity index (χ1v) is 11.8. The van der Waals surface area contributed by atoms with Crippen molar-refractivity contribution in [2.75, 3.05) is 26.2 Å². The minimum absolute atomic E-state index is 0.233. The van der Waals surface area contributed by atoms with Gasteiger partial charge >= 0.3 is 0 Å². The maximum atomic E-state index is 12.8. The lowest BCUT2D eigenvalue weighted by Crippen LogP contribution is -2.38. The molecule has 1 N–H and O–H groups in total. The second-order valence-electron chi connectivity index (χ2n) is 7.55. The summed E-state index contributed by atoms with van der Waals surface area (Å²) in [5.74, 6) is 1.53. The molecule has 1 aromatic rings. The minimum Gasteiger partial charge on any atom is -0.317 e. The van der Waals surface area contributed by atoms with Crippen molar-refractivity contribution in [3.63, 3.8) is 0 Å². The molecule has 7 heteroatoms. The predicted molar refractivity (Wildman–Crippen MR) is 107 cm³/mol. The van der Waals surface area contributed by atoms with Crippen LogP contribution in [-0.2, 0) is 10.0 Å². The van der Waals surface area contributed by atoms with Gasteiger partial charge in [0.25, 0.3) is 0 Å². The van der Waals surface area contributed by atoms with Crippen LogP contribution in [0.4, 0.5) is 0 Å². The van der Waals surface area contributed by atoms with E-state index in [1.54, 1.807) is 10.4 Å². The summed E-state index contributed by atoms with van der Waals surface area (Å²) in [6, 6.07) is 4.53. The molecular weight excluding hydrogens is 391 g/mol. The van der Waals surface area contributed by atoms with Crippen molar-refractivity contribution in [2.24, 2.45) is 11.8 Å². The lowest BCUT2D eigenvalue weighted by atomic mass is 9.87. The number of piperidine rings is 2. The van der Waals surface area contributed by atoms with Crippen molar-refractivity contribution in [1.82, 2.24) is 9.62 Å². The highest BCUT2D eigenvalue weighted by atomic mass is 35.5. The Morgan fingerprint density at radius 2 is 1.58 bits per heavy atom. The number of halogens is 2. The Balaban J connectivity index is 1.47. The summed E-state index contributed by atoms with van der Waals surface area (Å²) in [6.45, 7) is 3.52. The number of hydrogen-bond donors (Lipinski definition) is 1. The second-order valence-corrected chi connectivity index (χ2v) is 10.3. The number of benzene rings is 1. The van der Waals surface area contributed by atoms with Crippen LogP contribution >= 0.6 is 23.2 Å². The van der Waals surface area contributed by atoms with Gasteiger partial charge in [0, 0.05) is 13.1 Å². The first-order chi connectivity index (χ1) is 12.5. The molecule has 0 atom stereocenters. The fraction of sp³-hybridized carbons (Fsp3) is 0.684. The average molecular weight is 419 g/mol. The molecule has 0 saturated carbocycles. The molecule has 0 aliphatic carbocycles. The van der Waals surface area contributed by atoms with Crippen molar-refractivity contribution < 1.29 is 8.42 Å². The molecule has 0 bridgehead atoms. The quantitative estimate of drug-likeness (QED) is 0.735. The van der Waals surface area contributed by atoms with Gasteiger partial charge in [-0.3, -0.25) is 0 Å². The maximum Gasteiger partial charge on any atom is 0.243 e. The molecule has 0 aromatic heterocycles. The standard InChI is InChI=1S/C19H28Cl2N2O2S/c20-18-5-4-17(14-19(18)21)26(24,25)23-12-8-16(9-13-23)3-1-2-15-6-10-22-11-7-15/h4-5,14-16,22H,1-3,6-13H2. The highest BCUT2D eigenvalue weighted by molar-refractivity contribution is 7.89. The molecule has 0 radical (unpaired) electrons. The Hall–Kier alpha value is -0.330. The van der Waals surface area contributed by atoms with Crippen LogP contribution in [0.5, 0.6) is 0 Å². The smallest absolute Gasteiger partial charge is 0.243 e. The van der Waals surface area contributed by atoms with E-state index in [4.69, 9.17) is 23.2 Å². The Bertz CT molecular complexity index is 697. The summed E-state index contributed by atoms with van der Waals surface area (Å²) in [7, 11) is -3.48. The van der Waals surface area contributed by atoms with Gasteiger partial charge < -0.3 is 5.32 Å². The number of sulfonamides is 1. The molecule has 3 rings (SSSR count). The van der Waals surface area contributed by atoms with Gasteiger partial charge in [0.05, 0.1) is 14.9 Å². The molecule has 0 amide bonds. The highest BCUT2D eigenvalue weighted by Gasteiger charge is 2.29. The zero-order valence-corrected chi connectivity index (χ0v) is 17.4. The second kappa shape index (κ2) is 9.24. The number of rotatable bonds is 6. The van der Waals surface area contributed by atoms with E-state index in [1.807, 2.05) is 0 Å². The topological polar surface area (TPSA) is 49.4 Å². The Morgan fingerprint density at radius 3 is 2.19 bits per heavy atom. The van der Waals surface area contributed by atoms with Crippen LogP contribution in [0, 0.1) is 11.8 Å². The molecule has 2 heterocycles. The van der Waals surface area contributed by atoms with Crippen LogP contribution in [0.25, 0.3) is 0 Å². The van der Waals surface area contributed by atoms with Crippen LogP contribution in [0.2, 0.25) is 10.0 Å². The summed E-state index contributed by atoms with van der Waals surface area (Å²) in [5.41, 5.74) is 0. The summed E-state index contributed by atoms with van der Waals surface area (Å²) in [4.78, 5) is 0.233. The zero-order chi connectivity index (χ0) is 18.6. The average Bonchev–Trinajstić information content (AvgIpc) is 2.65. The largest absolute Gasteiger partial charge is 0.317 e. The Kier molecular flexibility index (Phi) is 7.25. The van der Waals surface area contributed by atoms with Gasteiger partial charge in [0.2, 0.25) is 10.0 Å². The Morgan fingerprint density at radius 1 is 0.962 bits per heavy atom. The molecule has 26 heavy (non-hydrogen) atoms. The normalized spacial score (nSPS) is 21.2. The predicted octanol–water partition coefficient (Wildman–Crippen LogP) is 4.56. The SMILES string of the molecule is O=S(=O)(c1ccc(Cl)c(Cl)c1)N1CCC(CCCC2CCNCC2)CC1. The first kappa shape index (κ1) is 20.4. The number of nitrogens with zero attached hydrogens (tertiary/aromatic N) is 1. The Labute approximate surface area is 167 Å². The maximum absolute atomic E-state index is 12.8. The van der Waals surface area contributed by atoms with Crippen LogP contribution in [0.1, 0.15) is 44.9 Å². The van der Waals surface area contributed by atoms with E-state index in [1.165, 1.54) is 44.2 Å².